The second-order valence-corrected chi connectivity index (χ2v) is 19.5. The number of carbonyl (C=O) groups is 1. The molecule has 1 aromatic carbocycles. The molecule has 1 saturated carbocycles. The van der Waals surface area contributed by atoms with Crippen LogP contribution < -0.4 is 24.9 Å². The lowest BCUT2D eigenvalue weighted by atomic mass is 9.52. The number of phenolic OH excluding ortho intramolecular Hbond substituents is 1. The van der Waals surface area contributed by atoms with Crippen LogP contribution in [-0.4, -0.2) is 139 Å². The number of hydrogen-bond acceptors (Lipinski definition) is 17. The highest BCUT2D eigenvalue weighted by Crippen LogP contribution is 2.53. The molecule has 1 saturated heterocycles. The van der Waals surface area contributed by atoms with Crippen molar-refractivity contribution in [2.45, 2.75) is 86.2 Å². The average Bonchev–Trinajstić information content (AvgIpc) is 3.80. The summed E-state index contributed by atoms with van der Waals surface area (Å²) >= 11 is 5.55. The SMILES string of the molecule is CCON(Cc1ccc(OCCOCCOCCOCCOCCN(C)c2ncc(C(=O)NC3C(C)(C)CC3(C)C)cn2)nc1)c1cc(N2CCCCC2)nc2c(CC)cnn12.N#Cc1ccc(O)cc1Cl. The lowest BCUT2D eigenvalue weighted by molar-refractivity contribution is -0.0366. The van der Waals surface area contributed by atoms with E-state index in [1.54, 1.807) is 12.4 Å². The lowest BCUT2D eigenvalue weighted by Gasteiger charge is -2.57. The number of piperidine rings is 1. The zero-order valence-electron chi connectivity index (χ0n) is 42.9. The van der Waals surface area contributed by atoms with Gasteiger partial charge in [0.15, 0.2) is 11.5 Å². The Labute approximate surface area is 428 Å². The van der Waals surface area contributed by atoms with Gasteiger partial charge >= 0.3 is 0 Å². The molecule has 7 rings (SSSR count). The van der Waals surface area contributed by atoms with E-state index in [2.05, 4.69) is 71.0 Å². The first kappa shape index (κ1) is 55.4. The quantitative estimate of drug-likeness (QED) is 0.0407. The number of nitrogens with zero attached hydrogens (tertiary/aromatic N) is 10. The van der Waals surface area contributed by atoms with Crippen LogP contribution >= 0.6 is 11.6 Å². The normalized spacial score (nSPS) is 15.0. The highest BCUT2D eigenvalue weighted by molar-refractivity contribution is 6.31. The number of amides is 1. The topological polar surface area (TPSA) is 207 Å². The fourth-order valence-corrected chi connectivity index (χ4v) is 9.42. The van der Waals surface area contributed by atoms with Gasteiger partial charge in [-0.2, -0.15) is 14.9 Å². The number of pyridine rings is 1. The molecule has 72 heavy (non-hydrogen) atoms. The number of hydroxylamine groups is 1. The minimum absolute atomic E-state index is 0.0731. The number of nitrogens with one attached hydrogen (secondary N) is 1. The summed E-state index contributed by atoms with van der Waals surface area (Å²) in [4.78, 5) is 41.6. The number of aromatic nitrogens is 6. The van der Waals surface area contributed by atoms with E-state index >= 15 is 0 Å². The van der Waals surface area contributed by atoms with Gasteiger partial charge in [0.2, 0.25) is 11.8 Å². The maximum absolute atomic E-state index is 12.8. The van der Waals surface area contributed by atoms with Crippen LogP contribution in [0.4, 0.5) is 17.6 Å². The first-order valence-corrected chi connectivity index (χ1v) is 25.2. The van der Waals surface area contributed by atoms with E-state index in [1.165, 1.54) is 37.5 Å². The molecular weight excluding hydrogens is 942 g/mol. The fraction of sp³-hybridized carbons (Fsp3) is 0.558. The average molecular weight is 1010 g/mol. The number of benzene rings is 1. The van der Waals surface area contributed by atoms with Crippen molar-refractivity contribution >= 4 is 40.7 Å². The number of rotatable bonds is 26. The van der Waals surface area contributed by atoms with Crippen molar-refractivity contribution in [3.05, 3.63) is 88.5 Å². The summed E-state index contributed by atoms with van der Waals surface area (Å²) < 4.78 is 30.3. The van der Waals surface area contributed by atoms with Crippen LogP contribution in [0.5, 0.6) is 11.6 Å². The summed E-state index contributed by atoms with van der Waals surface area (Å²) in [7, 11) is 1.89. The van der Waals surface area contributed by atoms with Crippen molar-refractivity contribution < 1.29 is 38.4 Å². The lowest BCUT2D eigenvalue weighted by Crippen LogP contribution is -2.63. The molecule has 1 aliphatic carbocycles. The molecule has 19 nitrogen and oxygen atoms in total. The van der Waals surface area contributed by atoms with Crippen molar-refractivity contribution in [3.8, 4) is 17.7 Å². The molecule has 0 atom stereocenters. The summed E-state index contributed by atoms with van der Waals surface area (Å²) in [5.41, 5.74) is 3.94. The number of hydrogen-bond donors (Lipinski definition) is 2. The third-order valence-electron chi connectivity index (χ3n) is 12.5. The number of nitriles is 1. The summed E-state index contributed by atoms with van der Waals surface area (Å²) in [6.07, 6.45) is 12.4. The fourth-order valence-electron chi connectivity index (χ4n) is 9.21. The van der Waals surface area contributed by atoms with Gasteiger partial charge in [0, 0.05) is 69.0 Å². The van der Waals surface area contributed by atoms with Gasteiger partial charge in [-0.1, -0.05) is 52.3 Å². The Hall–Kier alpha value is -5.88. The third kappa shape index (κ3) is 15.8. The van der Waals surface area contributed by atoms with Crippen molar-refractivity contribution in [1.82, 2.24) is 34.9 Å². The van der Waals surface area contributed by atoms with Crippen molar-refractivity contribution in [2.75, 3.05) is 108 Å². The van der Waals surface area contributed by atoms with E-state index < -0.39 is 0 Å². The van der Waals surface area contributed by atoms with E-state index in [1.807, 2.05) is 59.0 Å². The predicted molar refractivity (Wildman–Crippen MR) is 276 cm³/mol. The molecule has 0 spiro atoms. The highest BCUT2D eigenvalue weighted by Gasteiger charge is 2.53. The summed E-state index contributed by atoms with van der Waals surface area (Å²) in [6, 6.07) is 12.2. The number of phenols is 1. The summed E-state index contributed by atoms with van der Waals surface area (Å²) in [5, 5.41) is 27.3. The van der Waals surface area contributed by atoms with Gasteiger partial charge in [0.25, 0.3) is 5.91 Å². The van der Waals surface area contributed by atoms with Gasteiger partial charge in [0.05, 0.1) is 88.4 Å². The van der Waals surface area contributed by atoms with Crippen LogP contribution in [0.1, 0.15) is 94.3 Å². The minimum atomic E-state index is -0.140. The second kappa shape index (κ2) is 27.3. The molecule has 4 aromatic heterocycles. The van der Waals surface area contributed by atoms with Crippen LogP contribution in [0.2, 0.25) is 5.02 Å². The Balaban J connectivity index is 0.000000755. The third-order valence-corrected chi connectivity index (χ3v) is 12.8. The smallest absolute Gasteiger partial charge is 0.254 e. The van der Waals surface area contributed by atoms with Gasteiger partial charge in [-0.3, -0.25) is 9.63 Å². The van der Waals surface area contributed by atoms with E-state index in [9.17, 15) is 4.79 Å². The number of anilines is 3. The van der Waals surface area contributed by atoms with Gasteiger partial charge in [-0.15, -0.1) is 0 Å². The van der Waals surface area contributed by atoms with Crippen LogP contribution in [0.15, 0.2) is 61.2 Å². The van der Waals surface area contributed by atoms with Gasteiger partial charge < -0.3 is 43.9 Å². The first-order chi connectivity index (χ1) is 34.7. The van der Waals surface area contributed by atoms with Gasteiger partial charge in [-0.05, 0) is 73.6 Å². The maximum atomic E-state index is 12.8. The van der Waals surface area contributed by atoms with Crippen molar-refractivity contribution in [2.24, 2.45) is 10.8 Å². The molecule has 20 heteroatoms. The Morgan fingerprint density at radius 3 is 2.10 bits per heavy atom. The molecule has 2 fully saturated rings. The number of halogens is 1. The molecule has 2 aliphatic rings. The van der Waals surface area contributed by atoms with Crippen molar-refractivity contribution in [3.63, 3.8) is 0 Å². The molecule has 0 radical (unpaired) electrons. The van der Waals surface area contributed by atoms with Crippen molar-refractivity contribution in [1.29, 1.82) is 5.26 Å². The number of aryl methyl sites for hydroxylation is 1. The highest BCUT2D eigenvalue weighted by atomic mass is 35.5. The molecule has 1 amide bonds. The van der Waals surface area contributed by atoms with E-state index in [-0.39, 0.29) is 33.6 Å². The number of aromatic hydroxyl groups is 1. The molecule has 1 aliphatic heterocycles. The first-order valence-electron chi connectivity index (χ1n) is 24.9. The maximum Gasteiger partial charge on any atom is 0.254 e. The molecule has 5 heterocycles. The van der Waals surface area contributed by atoms with Crippen LogP contribution in [0.25, 0.3) is 5.65 Å². The largest absolute Gasteiger partial charge is 0.508 e. The van der Waals surface area contributed by atoms with Crippen LogP contribution in [-0.2, 0) is 36.8 Å². The molecule has 390 valence electrons. The van der Waals surface area contributed by atoms with E-state index in [0.717, 1.165) is 54.3 Å². The van der Waals surface area contributed by atoms with E-state index in [4.69, 9.17) is 55.5 Å². The Bertz CT molecular complexity index is 2480. The van der Waals surface area contributed by atoms with Gasteiger partial charge in [0.1, 0.15) is 24.2 Å². The standard InChI is InChI=1S/C45H68N10O7.C7H4ClNO/c1-8-35-31-49-55-39(27-37(50-40(35)55)53-15-11-10-12-16-53)54(62-9-2)32-34-13-14-38(46-28-34)61-26-25-60-24-23-59-22-21-58-20-19-57-18-17-52(7)43-47-29-36(30-48-43)41(56)51-42-44(3,4)33-45(42,5)6;8-7-3-6(10)2-1-5(7)4-9/h13-14,27-31,42H,8-12,15-26,32-33H2,1-7H3,(H,51,56);1-3,10H. The van der Waals surface area contributed by atoms with Crippen LogP contribution in [0, 0.1) is 22.2 Å². The zero-order valence-corrected chi connectivity index (χ0v) is 43.7. The number of likely N-dealkylation sites (N-methyl/N-ethyl adjacent to an activating group) is 1. The monoisotopic (exact) mass is 1010 g/mol. The zero-order chi connectivity index (χ0) is 51.5. The number of carbonyl (C=O) groups excluding carboxylic acids is 1. The van der Waals surface area contributed by atoms with E-state index in [0.29, 0.717) is 102 Å². The molecular formula is C52H72ClN11O8. The Kier molecular flexibility index (Phi) is 21.0. The Morgan fingerprint density at radius 1 is 0.861 bits per heavy atom. The van der Waals surface area contributed by atoms with Gasteiger partial charge in [-0.25, -0.2) is 25.0 Å². The molecule has 0 unspecified atom stereocenters. The number of ether oxygens (including phenoxy) is 5. The summed E-state index contributed by atoms with van der Waals surface area (Å²) in [6.45, 7) is 20.5. The second-order valence-electron chi connectivity index (χ2n) is 19.1. The predicted octanol–water partition coefficient (Wildman–Crippen LogP) is 7.48. The number of fused-ring (bicyclic) bond motifs is 1. The minimum Gasteiger partial charge on any atom is -0.508 e. The Morgan fingerprint density at radius 2 is 1.51 bits per heavy atom. The molecule has 5 aromatic rings. The van der Waals surface area contributed by atoms with Crippen LogP contribution in [0.3, 0.4) is 0 Å². The molecule has 2 N–H and O–H groups in total. The summed E-state index contributed by atoms with van der Waals surface area (Å²) in [5.74, 6) is 2.80. The molecule has 0 bridgehead atoms.